The first kappa shape index (κ1) is 18.1. The third-order valence-electron chi connectivity index (χ3n) is 4.09. The van der Waals surface area contributed by atoms with E-state index in [2.05, 4.69) is 20.6 Å². The van der Waals surface area contributed by atoms with Crippen molar-refractivity contribution in [3.63, 3.8) is 0 Å². The second kappa shape index (κ2) is 7.77. The van der Waals surface area contributed by atoms with E-state index in [1.165, 1.54) is 23.9 Å². The van der Waals surface area contributed by atoms with Crippen LogP contribution in [0.3, 0.4) is 0 Å². The number of halogens is 1. The summed E-state index contributed by atoms with van der Waals surface area (Å²) in [4.78, 5) is 12.2. The standard InChI is InChI=1S/C20H16FN5OS/c1-13-5-2-3-8-16(13)22-18(27)12-28-19-10-9-17-23-24-20(26(17)25-19)14-6-4-7-15(21)11-14/h2-11H,12H2,1H3,(H,22,27). The third-order valence-corrected chi connectivity index (χ3v) is 5.01. The van der Waals surface area contributed by atoms with E-state index in [9.17, 15) is 9.18 Å². The largest absolute Gasteiger partial charge is 0.325 e. The zero-order valence-electron chi connectivity index (χ0n) is 15.0. The smallest absolute Gasteiger partial charge is 0.234 e. The highest BCUT2D eigenvalue weighted by molar-refractivity contribution is 7.99. The number of aromatic nitrogens is 4. The Morgan fingerprint density at radius 3 is 2.79 bits per heavy atom. The lowest BCUT2D eigenvalue weighted by Gasteiger charge is -2.07. The number of hydrogen-bond donors (Lipinski definition) is 1. The molecule has 0 bridgehead atoms. The maximum atomic E-state index is 13.5. The van der Waals surface area contributed by atoms with Crippen LogP contribution in [0.5, 0.6) is 0 Å². The summed E-state index contributed by atoms with van der Waals surface area (Å²) in [7, 11) is 0. The molecular weight excluding hydrogens is 377 g/mol. The molecule has 6 nitrogen and oxygen atoms in total. The molecule has 0 saturated heterocycles. The van der Waals surface area contributed by atoms with Crippen LogP contribution in [0.25, 0.3) is 17.0 Å². The number of anilines is 1. The van der Waals surface area contributed by atoms with E-state index in [0.717, 1.165) is 11.3 Å². The van der Waals surface area contributed by atoms with Gasteiger partial charge in [0.15, 0.2) is 11.5 Å². The Kier molecular flexibility index (Phi) is 5.03. The molecule has 4 rings (SSSR count). The Morgan fingerprint density at radius 2 is 1.96 bits per heavy atom. The summed E-state index contributed by atoms with van der Waals surface area (Å²) in [6.45, 7) is 1.94. The fourth-order valence-electron chi connectivity index (χ4n) is 2.70. The molecule has 2 heterocycles. The van der Waals surface area contributed by atoms with Gasteiger partial charge in [-0.2, -0.15) is 9.61 Å². The maximum Gasteiger partial charge on any atom is 0.234 e. The van der Waals surface area contributed by atoms with Gasteiger partial charge in [0.1, 0.15) is 10.8 Å². The van der Waals surface area contributed by atoms with E-state index in [1.54, 1.807) is 28.8 Å². The average molecular weight is 393 g/mol. The number of nitrogens with one attached hydrogen (secondary N) is 1. The van der Waals surface area contributed by atoms with Gasteiger partial charge in [0.2, 0.25) is 5.91 Å². The normalized spacial score (nSPS) is 10.9. The summed E-state index contributed by atoms with van der Waals surface area (Å²) in [6, 6.07) is 17.3. The van der Waals surface area contributed by atoms with Crippen molar-refractivity contribution in [2.75, 3.05) is 11.1 Å². The van der Waals surface area contributed by atoms with Crippen LogP contribution in [0, 0.1) is 12.7 Å². The highest BCUT2D eigenvalue weighted by Gasteiger charge is 2.12. The van der Waals surface area contributed by atoms with Crippen molar-refractivity contribution < 1.29 is 9.18 Å². The van der Waals surface area contributed by atoms with E-state index >= 15 is 0 Å². The second-order valence-electron chi connectivity index (χ2n) is 6.13. The van der Waals surface area contributed by atoms with Gasteiger partial charge < -0.3 is 5.32 Å². The monoisotopic (exact) mass is 393 g/mol. The molecule has 0 unspecified atom stereocenters. The molecular formula is C20H16FN5OS. The molecule has 0 aliphatic heterocycles. The quantitative estimate of drug-likeness (QED) is 0.520. The zero-order valence-corrected chi connectivity index (χ0v) is 15.8. The molecule has 0 saturated carbocycles. The molecule has 1 N–H and O–H groups in total. The predicted molar refractivity (Wildman–Crippen MR) is 107 cm³/mol. The van der Waals surface area contributed by atoms with E-state index in [1.807, 2.05) is 31.2 Å². The number of nitrogens with zero attached hydrogens (tertiary/aromatic N) is 4. The topological polar surface area (TPSA) is 72.2 Å². The first-order valence-electron chi connectivity index (χ1n) is 8.57. The SMILES string of the molecule is Cc1ccccc1NC(=O)CSc1ccc2nnc(-c3cccc(F)c3)n2n1. The molecule has 0 spiro atoms. The number of fused-ring (bicyclic) bond motifs is 1. The number of benzene rings is 2. The van der Waals surface area contributed by atoms with Gasteiger partial charge in [-0.1, -0.05) is 42.1 Å². The molecule has 0 aliphatic rings. The maximum absolute atomic E-state index is 13.5. The Labute approximate surface area is 164 Å². The van der Waals surface area contributed by atoms with Crippen molar-refractivity contribution in [3.8, 4) is 11.4 Å². The molecule has 28 heavy (non-hydrogen) atoms. The van der Waals surface area contributed by atoms with Gasteiger partial charge >= 0.3 is 0 Å². The van der Waals surface area contributed by atoms with Crippen molar-refractivity contribution in [1.29, 1.82) is 0 Å². The molecule has 0 radical (unpaired) electrons. The number of hydrogen-bond acceptors (Lipinski definition) is 5. The van der Waals surface area contributed by atoms with Gasteiger partial charge in [-0.05, 0) is 42.8 Å². The van der Waals surface area contributed by atoms with Crippen LogP contribution in [0.4, 0.5) is 10.1 Å². The second-order valence-corrected chi connectivity index (χ2v) is 7.12. The summed E-state index contributed by atoms with van der Waals surface area (Å²) in [5.41, 5.74) is 2.93. The first-order valence-corrected chi connectivity index (χ1v) is 9.55. The Hall–Kier alpha value is -3.26. The van der Waals surface area contributed by atoms with Crippen molar-refractivity contribution in [2.45, 2.75) is 11.9 Å². The number of thioether (sulfide) groups is 1. The first-order chi connectivity index (χ1) is 13.6. The van der Waals surface area contributed by atoms with Gasteiger partial charge in [-0.25, -0.2) is 4.39 Å². The fraction of sp³-hybridized carbons (Fsp3) is 0.100. The predicted octanol–water partition coefficient (Wildman–Crippen LogP) is 3.97. The van der Waals surface area contributed by atoms with E-state index in [0.29, 0.717) is 22.1 Å². The molecule has 2 aromatic carbocycles. The third kappa shape index (κ3) is 3.86. The van der Waals surface area contributed by atoms with Crippen molar-refractivity contribution in [1.82, 2.24) is 19.8 Å². The number of carbonyl (C=O) groups excluding carboxylic acids is 1. The number of para-hydroxylation sites is 1. The Bertz CT molecular complexity index is 1160. The highest BCUT2D eigenvalue weighted by Crippen LogP contribution is 2.22. The fourth-order valence-corrected chi connectivity index (χ4v) is 3.35. The van der Waals surface area contributed by atoms with Gasteiger partial charge in [-0.3, -0.25) is 4.79 Å². The number of carbonyl (C=O) groups is 1. The van der Waals surface area contributed by atoms with Crippen molar-refractivity contribution in [3.05, 3.63) is 72.0 Å². The van der Waals surface area contributed by atoms with Crippen molar-refractivity contribution in [2.24, 2.45) is 0 Å². The zero-order chi connectivity index (χ0) is 19.5. The van der Waals surface area contributed by atoms with Crippen LogP contribution >= 0.6 is 11.8 Å². The minimum absolute atomic E-state index is 0.115. The van der Waals surface area contributed by atoms with Gasteiger partial charge in [0.05, 0.1) is 5.75 Å². The molecule has 0 aliphatic carbocycles. The molecule has 140 valence electrons. The summed E-state index contributed by atoms with van der Waals surface area (Å²) in [5, 5.41) is 16.2. The minimum atomic E-state index is -0.354. The van der Waals surface area contributed by atoms with Crippen LogP contribution in [-0.2, 0) is 4.79 Å². The highest BCUT2D eigenvalue weighted by atomic mass is 32.2. The number of amides is 1. The van der Waals surface area contributed by atoms with Crippen LogP contribution in [0.1, 0.15) is 5.56 Å². The molecule has 0 atom stereocenters. The number of aryl methyl sites for hydroxylation is 1. The van der Waals surface area contributed by atoms with Gasteiger partial charge in [0.25, 0.3) is 0 Å². The molecule has 4 aromatic rings. The summed E-state index contributed by atoms with van der Waals surface area (Å²) >= 11 is 1.31. The van der Waals surface area contributed by atoms with Crippen LogP contribution < -0.4 is 5.32 Å². The van der Waals surface area contributed by atoms with Crippen LogP contribution in [0.15, 0.2) is 65.7 Å². The lowest BCUT2D eigenvalue weighted by Crippen LogP contribution is -2.15. The lowest BCUT2D eigenvalue weighted by molar-refractivity contribution is -0.113. The van der Waals surface area contributed by atoms with Crippen LogP contribution in [0.2, 0.25) is 0 Å². The van der Waals surface area contributed by atoms with Gasteiger partial charge in [-0.15, -0.1) is 10.2 Å². The average Bonchev–Trinajstić information content (AvgIpc) is 3.11. The molecule has 8 heteroatoms. The molecule has 2 aromatic heterocycles. The summed E-state index contributed by atoms with van der Waals surface area (Å²) < 4.78 is 15.1. The molecule has 0 fully saturated rings. The van der Waals surface area contributed by atoms with Crippen molar-refractivity contribution >= 4 is 29.0 Å². The Balaban J connectivity index is 1.51. The molecule has 1 amide bonds. The summed E-state index contributed by atoms with van der Waals surface area (Å²) in [5.74, 6) is 0.189. The lowest BCUT2D eigenvalue weighted by atomic mass is 10.2. The number of rotatable bonds is 5. The van der Waals surface area contributed by atoms with Gasteiger partial charge in [0, 0.05) is 11.3 Å². The van der Waals surface area contributed by atoms with E-state index in [4.69, 9.17) is 0 Å². The van der Waals surface area contributed by atoms with Crippen LogP contribution in [-0.4, -0.2) is 31.5 Å². The summed E-state index contributed by atoms with van der Waals surface area (Å²) in [6.07, 6.45) is 0. The van der Waals surface area contributed by atoms with E-state index < -0.39 is 0 Å². The Morgan fingerprint density at radius 1 is 1.11 bits per heavy atom. The minimum Gasteiger partial charge on any atom is -0.325 e. The van der Waals surface area contributed by atoms with E-state index in [-0.39, 0.29) is 17.5 Å².